The second-order valence-electron chi connectivity index (χ2n) is 3.64. The lowest BCUT2D eigenvalue weighted by Crippen LogP contribution is -2.10. The highest BCUT2D eigenvalue weighted by molar-refractivity contribution is 5.75. The molecule has 2 rings (SSSR count). The van der Waals surface area contributed by atoms with Crippen LogP contribution < -0.4 is 4.74 Å². The molecule has 0 amide bonds. The molecule has 0 fully saturated rings. The number of nitrogens with zero attached hydrogens (tertiary/aromatic N) is 2. The summed E-state index contributed by atoms with van der Waals surface area (Å²) in [6, 6.07) is 3.41. The van der Waals surface area contributed by atoms with Crippen LogP contribution in [0.4, 0.5) is 17.6 Å². The predicted molar refractivity (Wildman–Crippen MR) is 58.9 cm³/mol. The fourth-order valence-corrected chi connectivity index (χ4v) is 1.32. The van der Waals surface area contributed by atoms with Gasteiger partial charge in [0.25, 0.3) is 0 Å². The van der Waals surface area contributed by atoms with Gasteiger partial charge in [-0.05, 0) is 12.1 Å². The molecule has 20 heavy (non-hydrogen) atoms. The molecule has 0 saturated carbocycles. The minimum absolute atomic E-state index is 0.0106. The highest BCUT2D eigenvalue weighted by Gasteiger charge is 2.34. The molecule has 1 heterocycles. The molecule has 0 atom stereocenters. The van der Waals surface area contributed by atoms with Crippen LogP contribution in [0, 0.1) is 5.82 Å². The van der Waals surface area contributed by atoms with E-state index in [9.17, 15) is 22.4 Å². The average molecular weight is 286 g/mol. The van der Waals surface area contributed by atoms with Crippen LogP contribution >= 0.6 is 0 Å². The lowest BCUT2D eigenvalue weighted by molar-refractivity contribution is -0.145. The molecular weight excluding hydrogens is 280 g/mol. The first-order chi connectivity index (χ1) is 9.40. The third-order valence-corrected chi connectivity index (χ3v) is 2.22. The van der Waals surface area contributed by atoms with Gasteiger partial charge in [0, 0.05) is 6.07 Å². The zero-order valence-electron chi connectivity index (χ0n) is 9.69. The first-order valence-corrected chi connectivity index (χ1v) is 5.22. The van der Waals surface area contributed by atoms with Gasteiger partial charge in [-0.15, -0.1) is 0 Å². The van der Waals surface area contributed by atoms with Crippen molar-refractivity contribution in [1.82, 2.24) is 9.97 Å². The van der Waals surface area contributed by atoms with E-state index in [2.05, 4.69) is 9.97 Å². The summed E-state index contributed by atoms with van der Waals surface area (Å²) in [5.74, 6) is -2.18. The summed E-state index contributed by atoms with van der Waals surface area (Å²) in [6.45, 7) is 0. The van der Waals surface area contributed by atoms with E-state index in [4.69, 9.17) is 4.74 Å². The summed E-state index contributed by atoms with van der Waals surface area (Å²) in [6.07, 6.45) is -2.67. The highest BCUT2D eigenvalue weighted by atomic mass is 19.4. The number of halogens is 4. The summed E-state index contributed by atoms with van der Waals surface area (Å²) in [5.41, 5.74) is -0.152. The average Bonchev–Trinajstić information content (AvgIpc) is 2.38. The first-order valence-electron chi connectivity index (χ1n) is 5.22. The molecular formula is C12H6F4N2O2. The maximum absolute atomic E-state index is 13.3. The largest absolute Gasteiger partial charge is 0.454 e. The summed E-state index contributed by atoms with van der Waals surface area (Å²) in [4.78, 5) is 16.6. The summed E-state index contributed by atoms with van der Waals surface area (Å²) in [7, 11) is 0. The van der Waals surface area contributed by atoms with Crippen molar-refractivity contribution in [1.29, 1.82) is 0 Å². The Morgan fingerprint density at radius 3 is 2.25 bits per heavy atom. The monoisotopic (exact) mass is 286 g/mol. The number of benzene rings is 1. The van der Waals surface area contributed by atoms with Gasteiger partial charge in [-0.2, -0.15) is 13.2 Å². The van der Waals surface area contributed by atoms with E-state index in [1.54, 1.807) is 0 Å². The topological polar surface area (TPSA) is 52.1 Å². The van der Waals surface area contributed by atoms with Crippen LogP contribution in [0.15, 0.2) is 30.6 Å². The van der Waals surface area contributed by atoms with Crippen LogP contribution in [0.3, 0.4) is 0 Å². The molecule has 1 aromatic heterocycles. The van der Waals surface area contributed by atoms with Crippen molar-refractivity contribution in [3.05, 3.63) is 47.8 Å². The molecule has 1 aromatic carbocycles. The van der Waals surface area contributed by atoms with E-state index in [1.165, 1.54) is 12.1 Å². The van der Waals surface area contributed by atoms with Crippen LogP contribution in [-0.4, -0.2) is 16.3 Å². The Morgan fingerprint density at radius 2 is 1.75 bits per heavy atom. The number of rotatable bonds is 3. The second kappa shape index (κ2) is 5.24. The van der Waals surface area contributed by atoms with Crippen LogP contribution in [0.5, 0.6) is 11.5 Å². The van der Waals surface area contributed by atoms with E-state index in [-0.39, 0.29) is 17.1 Å². The fraction of sp³-hybridized carbons (Fsp3) is 0.0833. The van der Waals surface area contributed by atoms with Gasteiger partial charge in [-0.25, -0.2) is 14.4 Å². The third kappa shape index (κ3) is 3.08. The molecule has 0 unspecified atom stereocenters. The highest BCUT2D eigenvalue weighted by Crippen LogP contribution is 2.27. The van der Waals surface area contributed by atoms with E-state index in [0.717, 1.165) is 18.5 Å². The maximum Gasteiger partial charge on any atom is 0.451 e. The molecule has 104 valence electrons. The second-order valence-corrected chi connectivity index (χ2v) is 3.64. The van der Waals surface area contributed by atoms with Crippen LogP contribution in [0.1, 0.15) is 16.2 Å². The van der Waals surface area contributed by atoms with Crippen molar-refractivity contribution >= 4 is 6.29 Å². The minimum Gasteiger partial charge on any atom is -0.454 e. The molecule has 0 aliphatic heterocycles. The number of aromatic nitrogens is 2. The van der Waals surface area contributed by atoms with Gasteiger partial charge in [0.15, 0.2) is 12.0 Å². The Balaban J connectivity index is 2.18. The minimum atomic E-state index is -4.64. The Labute approximate surface area is 110 Å². The predicted octanol–water partition coefficient (Wildman–Crippen LogP) is 3.24. The van der Waals surface area contributed by atoms with Crippen molar-refractivity contribution in [3.63, 3.8) is 0 Å². The lowest BCUT2D eigenvalue weighted by atomic mass is 10.2. The molecule has 0 aliphatic rings. The van der Waals surface area contributed by atoms with Gasteiger partial charge in [0.1, 0.15) is 11.6 Å². The zero-order chi connectivity index (χ0) is 14.8. The van der Waals surface area contributed by atoms with Crippen molar-refractivity contribution < 1.29 is 27.1 Å². The zero-order valence-corrected chi connectivity index (χ0v) is 9.69. The van der Waals surface area contributed by atoms with E-state index < -0.39 is 17.8 Å². The summed E-state index contributed by atoms with van der Waals surface area (Å²) < 4.78 is 55.1. The van der Waals surface area contributed by atoms with E-state index in [0.29, 0.717) is 6.29 Å². The first kappa shape index (κ1) is 13.9. The third-order valence-electron chi connectivity index (χ3n) is 2.22. The Bertz CT molecular complexity index is 626. The maximum atomic E-state index is 13.3. The Hall–Kier alpha value is -2.51. The quantitative estimate of drug-likeness (QED) is 0.642. The lowest BCUT2D eigenvalue weighted by Gasteiger charge is -2.07. The molecule has 0 spiro atoms. The van der Waals surface area contributed by atoms with Crippen LogP contribution in [0.2, 0.25) is 0 Å². The Morgan fingerprint density at radius 1 is 1.10 bits per heavy atom. The van der Waals surface area contributed by atoms with Gasteiger partial charge in [-0.3, -0.25) is 4.79 Å². The number of ether oxygens (including phenoxy) is 1. The number of carbonyl (C=O) groups is 1. The molecule has 0 saturated heterocycles. The fourth-order valence-electron chi connectivity index (χ4n) is 1.32. The molecule has 0 N–H and O–H groups in total. The number of hydrogen-bond acceptors (Lipinski definition) is 4. The molecule has 0 bridgehead atoms. The van der Waals surface area contributed by atoms with Crippen molar-refractivity contribution in [2.45, 2.75) is 6.18 Å². The Kier molecular flexibility index (Phi) is 3.64. The van der Waals surface area contributed by atoms with Gasteiger partial charge in [0.05, 0.1) is 18.0 Å². The van der Waals surface area contributed by atoms with Gasteiger partial charge >= 0.3 is 6.18 Å². The standard InChI is InChI=1S/C12H6F4N2O2/c13-10-3-8(2-1-7(10)6-19)20-9-4-17-11(18-5-9)12(14,15)16/h1-6H. The molecule has 0 radical (unpaired) electrons. The number of hydrogen-bond donors (Lipinski definition) is 0. The van der Waals surface area contributed by atoms with Crippen LogP contribution in [0.25, 0.3) is 0 Å². The van der Waals surface area contributed by atoms with E-state index >= 15 is 0 Å². The molecule has 8 heteroatoms. The van der Waals surface area contributed by atoms with Gasteiger partial charge < -0.3 is 4.74 Å². The normalized spacial score (nSPS) is 11.2. The number of alkyl halides is 3. The molecule has 2 aromatic rings. The SMILES string of the molecule is O=Cc1ccc(Oc2cnc(C(F)(F)F)nc2)cc1F. The number of carbonyl (C=O) groups excluding carboxylic acids is 1. The van der Waals surface area contributed by atoms with Crippen molar-refractivity contribution in [2.75, 3.05) is 0 Å². The van der Waals surface area contributed by atoms with Crippen molar-refractivity contribution in [3.8, 4) is 11.5 Å². The van der Waals surface area contributed by atoms with E-state index in [1.807, 2.05) is 0 Å². The smallest absolute Gasteiger partial charge is 0.451 e. The van der Waals surface area contributed by atoms with Gasteiger partial charge in [-0.1, -0.05) is 0 Å². The number of aldehydes is 1. The molecule has 4 nitrogen and oxygen atoms in total. The summed E-state index contributed by atoms with van der Waals surface area (Å²) >= 11 is 0. The van der Waals surface area contributed by atoms with Gasteiger partial charge in [0.2, 0.25) is 5.82 Å². The summed E-state index contributed by atoms with van der Waals surface area (Å²) in [5, 5.41) is 0. The van der Waals surface area contributed by atoms with Crippen LogP contribution in [-0.2, 0) is 6.18 Å². The molecule has 0 aliphatic carbocycles. The van der Waals surface area contributed by atoms with Crippen molar-refractivity contribution in [2.24, 2.45) is 0 Å².